The van der Waals surface area contributed by atoms with Gasteiger partial charge in [0.1, 0.15) is 11.6 Å². The second kappa shape index (κ2) is 9.05. The molecule has 1 saturated heterocycles. The maximum absolute atomic E-state index is 12.8. The summed E-state index contributed by atoms with van der Waals surface area (Å²) in [5.74, 6) is -0.484. The summed E-state index contributed by atoms with van der Waals surface area (Å²) in [6, 6.07) is 4.39. The molecule has 1 atom stereocenters. The van der Waals surface area contributed by atoms with E-state index in [4.69, 9.17) is 9.47 Å². The minimum absolute atomic E-state index is 0.0863. The number of alkyl carbamates (subject to hydrolysis) is 1. The van der Waals surface area contributed by atoms with E-state index in [2.05, 4.69) is 10.6 Å². The normalized spacial score (nSPS) is 15.5. The standard InChI is InChI=1S/C20H29N3O5/c1-13-15(18(25)23-9-11-27-12-10-23)7-6-8-16(13)22-17(24)14(2)21-19(26)28-20(3,4)5/h6-8,14H,9-12H2,1-5H3,(H,21,26)(H,22,24). The molecule has 2 N–H and O–H groups in total. The maximum atomic E-state index is 12.8. The molecule has 28 heavy (non-hydrogen) atoms. The molecule has 8 heteroatoms. The third kappa shape index (κ3) is 5.95. The lowest BCUT2D eigenvalue weighted by molar-refractivity contribution is -0.117. The Morgan fingerprint density at radius 1 is 1.18 bits per heavy atom. The second-order valence-corrected chi connectivity index (χ2v) is 7.74. The SMILES string of the molecule is Cc1c(NC(=O)C(C)NC(=O)OC(C)(C)C)cccc1C(=O)N1CCOCC1. The second-order valence-electron chi connectivity index (χ2n) is 7.74. The Morgan fingerprint density at radius 3 is 2.43 bits per heavy atom. The van der Waals surface area contributed by atoms with Crippen molar-refractivity contribution in [3.63, 3.8) is 0 Å². The van der Waals surface area contributed by atoms with Crippen LogP contribution in [0.2, 0.25) is 0 Å². The van der Waals surface area contributed by atoms with E-state index < -0.39 is 23.6 Å². The molecule has 2 rings (SSSR count). The summed E-state index contributed by atoms with van der Waals surface area (Å²) in [7, 11) is 0. The predicted molar refractivity (Wildman–Crippen MR) is 105 cm³/mol. The van der Waals surface area contributed by atoms with Gasteiger partial charge in [-0.2, -0.15) is 0 Å². The summed E-state index contributed by atoms with van der Waals surface area (Å²) in [4.78, 5) is 38.8. The molecule has 0 spiro atoms. The van der Waals surface area contributed by atoms with Crippen molar-refractivity contribution in [2.75, 3.05) is 31.6 Å². The Labute approximate surface area is 165 Å². The van der Waals surface area contributed by atoms with Gasteiger partial charge < -0.3 is 25.0 Å². The molecule has 0 aliphatic carbocycles. The fourth-order valence-corrected chi connectivity index (χ4v) is 2.73. The van der Waals surface area contributed by atoms with Crippen molar-refractivity contribution < 1.29 is 23.9 Å². The number of nitrogens with zero attached hydrogens (tertiary/aromatic N) is 1. The summed E-state index contributed by atoms with van der Waals surface area (Å²) >= 11 is 0. The average molecular weight is 391 g/mol. The first-order valence-electron chi connectivity index (χ1n) is 9.35. The first-order valence-corrected chi connectivity index (χ1v) is 9.35. The van der Waals surface area contributed by atoms with Gasteiger partial charge in [0, 0.05) is 24.3 Å². The van der Waals surface area contributed by atoms with Crippen molar-refractivity contribution in [1.29, 1.82) is 0 Å². The first-order chi connectivity index (χ1) is 13.1. The van der Waals surface area contributed by atoms with Gasteiger partial charge in [0.15, 0.2) is 0 Å². The smallest absolute Gasteiger partial charge is 0.408 e. The lowest BCUT2D eigenvalue weighted by Gasteiger charge is -2.27. The monoisotopic (exact) mass is 391 g/mol. The Morgan fingerprint density at radius 2 is 1.82 bits per heavy atom. The molecule has 1 aliphatic rings. The van der Waals surface area contributed by atoms with Crippen LogP contribution in [0.3, 0.4) is 0 Å². The van der Waals surface area contributed by atoms with E-state index in [9.17, 15) is 14.4 Å². The zero-order chi connectivity index (χ0) is 20.9. The molecular weight excluding hydrogens is 362 g/mol. The van der Waals surface area contributed by atoms with E-state index >= 15 is 0 Å². The fourth-order valence-electron chi connectivity index (χ4n) is 2.73. The summed E-state index contributed by atoms with van der Waals surface area (Å²) in [6.45, 7) is 10.7. The summed E-state index contributed by atoms with van der Waals surface area (Å²) in [5.41, 5.74) is 1.09. The molecule has 1 aromatic rings. The Hall–Kier alpha value is -2.61. The number of benzene rings is 1. The van der Waals surface area contributed by atoms with Crippen molar-refractivity contribution in [3.8, 4) is 0 Å². The zero-order valence-corrected chi connectivity index (χ0v) is 17.1. The van der Waals surface area contributed by atoms with E-state index in [1.165, 1.54) is 0 Å². The van der Waals surface area contributed by atoms with Crippen LogP contribution in [0.5, 0.6) is 0 Å². The number of carbonyl (C=O) groups excluding carboxylic acids is 3. The number of nitrogens with one attached hydrogen (secondary N) is 2. The highest BCUT2D eigenvalue weighted by Gasteiger charge is 2.23. The molecule has 0 radical (unpaired) electrons. The van der Waals surface area contributed by atoms with Gasteiger partial charge in [-0.05, 0) is 52.3 Å². The first kappa shape index (κ1) is 21.7. The van der Waals surface area contributed by atoms with Gasteiger partial charge in [-0.15, -0.1) is 0 Å². The highest BCUT2D eigenvalue weighted by molar-refractivity contribution is 6.01. The van der Waals surface area contributed by atoms with Crippen LogP contribution in [0.25, 0.3) is 0 Å². The van der Waals surface area contributed by atoms with E-state index in [0.717, 1.165) is 0 Å². The number of amides is 3. The van der Waals surface area contributed by atoms with Crippen LogP contribution < -0.4 is 10.6 Å². The molecular formula is C20H29N3O5. The van der Waals surface area contributed by atoms with Crippen molar-refractivity contribution in [1.82, 2.24) is 10.2 Å². The fraction of sp³-hybridized carbons (Fsp3) is 0.550. The highest BCUT2D eigenvalue weighted by Crippen LogP contribution is 2.21. The van der Waals surface area contributed by atoms with E-state index in [0.29, 0.717) is 43.1 Å². The summed E-state index contributed by atoms with van der Waals surface area (Å²) in [5, 5.41) is 5.27. The van der Waals surface area contributed by atoms with Crippen molar-refractivity contribution in [2.24, 2.45) is 0 Å². The van der Waals surface area contributed by atoms with Gasteiger partial charge in [-0.1, -0.05) is 6.07 Å². The average Bonchev–Trinajstić information content (AvgIpc) is 2.62. The number of hydrogen-bond acceptors (Lipinski definition) is 5. The van der Waals surface area contributed by atoms with Crippen LogP contribution in [0.15, 0.2) is 18.2 Å². The van der Waals surface area contributed by atoms with Crippen LogP contribution in [0.1, 0.15) is 43.6 Å². The Balaban J connectivity index is 2.04. The molecule has 154 valence electrons. The Bertz CT molecular complexity index is 736. The molecule has 1 aromatic carbocycles. The Kier molecular flexibility index (Phi) is 7.01. The van der Waals surface area contributed by atoms with E-state index in [1.54, 1.807) is 57.7 Å². The predicted octanol–water partition coefficient (Wildman–Crippen LogP) is 2.32. The van der Waals surface area contributed by atoms with Gasteiger partial charge in [-0.3, -0.25) is 9.59 Å². The number of rotatable bonds is 4. The number of morpholine rings is 1. The molecule has 1 heterocycles. The molecule has 3 amide bonds. The molecule has 1 fully saturated rings. The van der Waals surface area contributed by atoms with Crippen molar-refractivity contribution in [2.45, 2.75) is 46.3 Å². The van der Waals surface area contributed by atoms with Crippen LogP contribution in [-0.4, -0.2) is 60.8 Å². The maximum Gasteiger partial charge on any atom is 0.408 e. The molecule has 1 aliphatic heterocycles. The van der Waals surface area contributed by atoms with Crippen LogP contribution in [0.4, 0.5) is 10.5 Å². The summed E-state index contributed by atoms with van der Waals surface area (Å²) in [6.07, 6.45) is -0.664. The third-order valence-electron chi connectivity index (χ3n) is 4.25. The number of hydrogen-bond donors (Lipinski definition) is 2. The quantitative estimate of drug-likeness (QED) is 0.821. The van der Waals surface area contributed by atoms with Gasteiger partial charge in [-0.25, -0.2) is 4.79 Å². The van der Waals surface area contributed by atoms with Crippen LogP contribution >= 0.6 is 0 Å². The van der Waals surface area contributed by atoms with Crippen molar-refractivity contribution >= 4 is 23.6 Å². The van der Waals surface area contributed by atoms with Crippen LogP contribution in [-0.2, 0) is 14.3 Å². The molecule has 8 nitrogen and oxygen atoms in total. The van der Waals surface area contributed by atoms with E-state index in [1.807, 2.05) is 0 Å². The third-order valence-corrected chi connectivity index (χ3v) is 4.25. The lowest BCUT2D eigenvalue weighted by atomic mass is 10.0. The largest absolute Gasteiger partial charge is 0.444 e. The molecule has 0 saturated carbocycles. The minimum atomic E-state index is -0.798. The van der Waals surface area contributed by atoms with Gasteiger partial charge in [0.05, 0.1) is 13.2 Å². The topological polar surface area (TPSA) is 97.0 Å². The molecule has 0 aromatic heterocycles. The minimum Gasteiger partial charge on any atom is -0.444 e. The molecule has 1 unspecified atom stereocenters. The number of anilines is 1. The lowest BCUT2D eigenvalue weighted by Crippen LogP contribution is -2.44. The van der Waals surface area contributed by atoms with Gasteiger partial charge in [0.2, 0.25) is 5.91 Å². The number of ether oxygens (including phenoxy) is 2. The van der Waals surface area contributed by atoms with E-state index in [-0.39, 0.29) is 5.91 Å². The van der Waals surface area contributed by atoms with Gasteiger partial charge in [0.25, 0.3) is 5.91 Å². The summed E-state index contributed by atoms with van der Waals surface area (Å²) < 4.78 is 10.4. The van der Waals surface area contributed by atoms with Crippen LogP contribution in [0, 0.1) is 6.92 Å². The molecule has 0 bridgehead atoms. The number of carbonyl (C=O) groups is 3. The van der Waals surface area contributed by atoms with Gasteiger partial charge >= 0.3 is 6.09 Å². The van der Waals surface area contributed by atoms with Crippen molar-refractivity contribution in [3.05, 3.63) is 29.3 Å². The highest BCUT2D eigenvalue weighted by atomic mass is 16.6. The zero-order valence-electron chi connectivity index (χ0n) is 17.1.